The summed E-state index contributed by atoms with van der Waals surface area (Å²) >= 11 is 3.50. The first-order valence-corrected chi connectivity index (χ1v) is 7.15. The molecule has 17 heavy (non-hydrogen) atoms. The number of benzene rings is 2. The van der Waals surface area contributed by atoms with Crippen molar-refractivity contribution in [2.75, 3.05) is 0 Å². The number of rotatable bonds is 4. The van der Waals surface area contributed by atoms with Crippen LogP contribution in [-0.2, 0) is 18.2 Å². The molecule has 0 bridgehead atoms. The molecular formula is C16H17Br. The summed E-state index contributed by atoms with van der Waals surface area (Å²) in [5.74, 6) is 0. The van der Waals surface area contributed by atoms with Crippen LogP contribution in [-0.4, -0.2) is 0 Å². The molecule has 0 aliphatic carbocycles. The van der Waals surface area contributed by atoms with E-state index >= 15 is 0 Å². The van der Waals surface area contributed by atoms with E-state index in [4.69, 9.17) is 0 Å². The Labute approximate surface area is 112 Å². The molecule has 0 unspecified atom stereocenters. The SMILES string of the molecule is CCc1cccc(Cc2cccc(CBr)c2)c1. The monoisotopic (exact) mass is 288 g/mol. The van der Waals surface area contributed by atoms with Gasteiger partial charge in [-0.1, -0.05) is 71.4 Å². The lowest BCUT2D eigenvalue weighted by Gasteiger charge is -2.05. The van der Waals surface area contributed by atoms with Gasteiger partial charge in [0.25, 0.3) is 0 Å². The predicted molar refractivity (Wildman–Crippen MR) is 77.7 cm³/mol. The molecule has 0 atom stereocenters. The van der Waals surface area contributed by atoms with Gasteiger partial charge in [0, 0.05) is 5.33 Å². The normalized spacial score (nSPS) is 10.5. The van der Waals surface area contributed by atoms with E-state index in [1.54, 1.807) is 0 Å². The first-order valence-electron chi connectivity index (χ1n) is 6.03. The highest BCUT2D eigenvalue weighted by Gasteiger charge is 1.99. The van der Waals surface area contributed by atoms with Gasteiger partial charge in [0.15, 0.2) is 0 Å². The molecule has 0 amide bonds. The Bertz CT molecular complexity index is 443. The molecule has 0 N–H and O–H groups in total. The van der Waals surface area contributed by atoms with Crippen LogP contribution in [0.25, 0.3) is 0 Å². The largest absolute Gasteiger partial charge is 0.0876 e. The van der Waals surface area contributed by atoms with Crippen molar-refractivity contribution in [1.29, 1.82) is 0 Å². The van der Waals surface area contributed by atoms with Crippen molar-refractivity contribution in [2.45, 2.75) is 25.1 Å². The first kappa shape index (κ1) is 12.4. The average Bonchev–Trinajstić information content (AvgIpc) is 2.39. The van der Waals surface area contributed by atoms with Gasteiger partial charge in [0.2, 0.25) is 0 Å². The van der Waals surface area contributed by atoms with Gasteiger partial charge in [-0.3, -0.25) is 0 Å². The highest BCUT2D eigenvalue weighted by Crippen LogP contribution is 2.14. The van der Waals surface area contributed by atoms with Crippen LogP contribution in [0.15, 0.2) is 48.5 Å². The Balaban J connectivity index is 2.18. The van der Waals surface area contributed by atoms with Crippen LogP contribution in [0.5, 0.6) is 0 Å². The number of hydrogen-bond donors (Lipinski definition) is 0. The predicted octanol–water partition coefficient (Wildman–Crippen LogP) is 4.73. The molecule has 1 heteroatoms. The van der Waals surface area contributed by atoms with Crippen LogP contribution >= 0.6 is 15.9 Å². The van der Waals surface area contributed by atoms with Crippen LogP contribution < -0.4 is 0 Å². The summed E-state index contributed by atoms with van der Waals surface area (Å²) in [6.07, 6.45) is 2.13. The molecule has 0 aromatic heterocycles. The Kier molecular flexibility index (Phi) is 4.38. The van der Waals surface area contributed by atoms with Gasteiger partial charge in [-0.15, -0.1) is 0 Å². The van der Waals surface area contributed by atoms with Crippen molar-refractivity contribution < 1.29 is 0 Å². The smallest absolute Gasteiger partial charge is 0.0283 e. The molecule has 0 nitrogen and oxygen atoms in total. The van der Waals surface area contributed by atoms with E-state index in [1.165, 1.54) is 22.3 Å². The maximum absolute atomic E-state index is 3.50. The van der Waals surface area contributed by atoms with Crippen molar-refractivity contribution in [3.05, 3.63) is 70.8 Å². The van der Waals surface area contributed by atoms with Crippen LogP contribution in [0, 0.1) is 0 Å². The van der Waals surface area contributed by atoms with Crippen LogP contribution in [0.1, 0.15) is 29.2 Å². The van der Waals surface area contributed by atoms with Crippen LogP contribution in [0.2, 0.25) is 0 Å². The summed E-state index contributed by atoms with van der Waals surface area (Å²) in [6.45, 7) is 2.20. The molecule has 0 aliphatic heterocycles. The quantitative estimate of drug-likeness (QED) is 0.713. The lowest BCUT2D eigenvalue weighted by Crippen LogP contribution is -1.91. The lowest BCUT2D eigenvalue weighted by molar-refractivity contribution is 1.10. The molecule has 88 valence electrons. The number of halogens is 1. The standard InChI is InChI=1S/C16H17Br/c1-2-13-5-3-6-14(9-13)10-15-7-4-8-16(11-15)12-17/h3-9,11H,2,10,12H2,1H3. The molecule has 2 rings (SSSR count). The molecule has 2 aromatic rings. The second-order valence-corrected chi connectivity index (χ2v) is 4.86. The van der Waals surface area contributed by atoms with Gasteiger partial charge in [-0.05, 0) is 35.1 Å². The Morgan fingerprint density at radius 2 is 1.35 bits per heavy atom. The lowest BCUT2D eigenvalue weighted by atomic mass is 10.0. The number of aryl methyl sites for hydroxylation is 1. The average molecular weight is 289 g/mol. The summed E-state index contributed by atoms with van der Waals surface area (Å²) in [4.78, 5) is 0. The van der Waals surface area contributed by atoms with Gasteiger partial charge in [-0.2, -0.15) is 0 Å². The fourth-order valence-electron chi connectivity index (χ4n) is 2.02. The maximum Gasteiger partial charge on any atom is 0.0283 e. The third-order valence-electron chi connectivity index (χ3n) is 2.95. The zero-order valence-corrected chi connectivity index (χ0v) is 11.7. The van der Waals surface area contributed by atoms with Crippen molar-refractivity contribution >= 4 is 15.9 Å². The molecule has 0 aliphatic rings. The zero-order valence-electron chi connectivity index (χ0n) is 10.1. The molecule has 2 aromatic carbocycles. The summed E-state index contributed by atoms with van der Waals surface area (Å²) in [5.41, 5.74) is 5.54. The minimum absolute atomic E-state index is 0.926. The molecule has 0 saturated carbocycles. The topological polar surface area (TPSA) is 0 Å². The summed E-state index contributed by atoms with van der Waals surface area (Å²) < 4.78 is 0. The first-order chi connectivity index (χ1) is 8.31. The van der Waals surface area contributed by atoms with Gasteiger partial charge < -0.3 is 0 Å². The fourth-order valence-corrected chi connectivity index (χ4v) is 2.37. The van der Waals surface area contributed by atoms with Gasteiger partial charge in [0.1, 0.15) is 0 Å². The minimum Gasteiger partial charge on any atom is -0.0876 e. The van der Waals surface area contributed by atoms with E-state index in [9.17, 15) is 0 Å². The molecular weight excluding hydrogens is 272 g/mol. The molecule has 0 saturated heterocycles. The van der Waals surface area contributed by atoms with E-state index in [1.807, 2.05) is 0 Å². The summed E-state index contributed by atoms with van der Waals surface area (Å²) in [6, 6.07) is 17.6. The van der Waals surface area contributed by atoms with Crippen molar-refractivity contribution in [3.63, 3.8) is 0 Å². The van der Waals surface area contributed by atoms with Gasteiger partial charge in [0.05, 0.1) is 0 Å². The van der Waals surface area contributed by atoms with Crippen molar-refractivity contribution in [2.24, 2.45) is 0 Å². The Morgan fingerprint density at radius 3 is 1.94 bits per heavy atom. The second-order valence-electron chi connectivity index (χ2n) is 4.30. The molecule has 0 fully saturated rings. The van der Waals surface area contributed by atoms with E-state index in [-0.39, 0.29) is 0 Å². The molecule has 0 spiro atoms. The number of hydrogen-bond acceptors (Lipinski definition) is 0. The van der Waals surface area contributed by atoms with E-state index in [2.05, 4.69) is 71.4 Å². The Hall–Kier alpha value is -1.08. The third-order valence-corrected chi connectivity index (χ3v) is 3.60. The molecule has 0 radical (unpaired) electrons. The minimum atomic E-state index is 0.926. The Morgan fingerprint density at radius 1 is 0.824 bits per heavy atom. The van der Waals surface area contributed by atoms with Gasteiger partial charge in [-0.25, -0.2) is 0 Å². The number of alkyl halides is 1. The second kappa shape index (κ2) is 6.02. The van der Waals surface area contributed by atoms with Gasteiger partial charge >= 0.3 is 0 Å². The summed E-state index contributed by atoms with van der Waals surface area (Å²) in [7, 11) is 0. The van der Waals surface area contributed by atoms with Crippen LogP contribution in [0.3, 0.4) is 0 Å². The van der Waals surface area contributed by atoms with E-state index in [0.29, 0.717) is 0 Å². The van der Waals surface area contributed by atoms with Crippen molar-refractivity contribution in [3.8, 4) is 0 Å². The van der Waals surface area contributed by atoms with Crippen molar-refractivity contribution in [1.82, 2.24) is 0 Å². The third kappa shape index (κ3) is 3.44. The maximum atomic E-state index is 3.50. The van der Waals surface area contributed by atoms with E-state index in [0.717, 1.165) is 18.2 Å². The highest BCUT2D eigenvalue weighted by atomic mass is 79.9. The van der Waals surface area contributed by atoms with E-state index < -0.39 is 0 Å². The van der Waals surface area contributed by atoms with Crippen LogP contribution in [0.4, 0.5) is 0 Å². The fraction of sp³-hybridized carbons (Fsp3) is 0.250. The zero-order chi connectivity index (χ0) is 12.1. The highest BCUT2D eigenvalue weighted by molar-refractivity contribution is 9.08. The summed E-state index contributed by atoms with van der Waals surface area (Å²) in [5, 5.41) is 0.926. The molecule has 0 heterocycles.